The summed E-state index contributed by atoms with van der Waals surface area (Å²) in [5.74, 6) is 1.03. The molecule has 4 rings (SSSR count). The number of hydrogen-bond donors (Lipinski definition) is 2. The summed E-state index contributed by atoms with van der Waals surface area (Å²) >= 11 is 0. The van der Waals surface area contributed by atoms with Crippen LogP contribution >= 0.6 is 0 Å². The second kappa shape index (κ2) is 6.69. The number of anilines is 1. The molecule has 1 aliphatic heterocycles. The van der Waals surface area contributed by atoms with Crippen molar-refractivity contribution in [2.24, 2.45) is 0 Å². The van der Waals surface area contributed by atoms with Gasteiger partial charge in [-0.3, -0.25) is 0 Å². The van der Waals surface area contributed by atoms with Crippen molar-refractivity contribution in [3.8, 4) is 17.0 Å². The Morgan fingerprint density at radius 2 is 1.80 bits per heavy atom. The van der Waals surface area contributed by atoms with E-state index in [2.05, 4.69) is 33.5 Å². The van der Waals surface area contributed by atoms with Crippen molar-refractivity contribution in [2.45, 2.75) is 18.9 Å². The van der Waals surface area contributed by atoms with Gasteiger partial charge >= 0.3 is 0 Å². The van der Waals surface area contributed by atoms with Gasteiger partial charge in [0.1, 0.15) is 11.4 Å². The van der Waals surface area contributed by atoms with Crippen molar-refractivity contribution in [3.63, 3.8) is 0 Å². The van der Waals surface area contributed by atoms with Crippen molar-refractivity contribution in [3.05, 3.63) is 48.5 Å². The number of aromatic hydroxyl groups is 1. The van der Waals surface area contributed by atoms with E-state index in [1.165, 1.54) is 6.42 Å². The molecule has 128 valence electrons. The van der Waals surface area contributed by atoms with Crippen LogP contribution in [0.1, 0.15) is 12.8 Å². The highest BCUT2D eigenvalue weighted by Gasteiger charge is 2.19. The summed E-state index contributed by atoms with van der Waals surface area (Å²) in [5.41, 5.74) is 1.41. The highest BCUT2D eigenvalue weighted by atomic mass is 16.3. The van der Waals surface area contributed by atoms with Crippen molar-refractivity contribution in [2.75, 3.05) is 25.5 Å². The molecular formula is C20H22N4O. The number of hydrogen-bond acceptors (Lipinski definition) is 5. The summed E-state index contributed by atoms with van der Waals surface area (Å²) in [5, 5.41) is 24.7. The van der Waals surface area contributed by atoms with Gasteiger partial charge in [-0.2, -0.15) is 0 Å². The zero-order chi connectivity index (χ0) is 17.2. The third-order valence-electron chi connectivity index (χ3n) is 4.81. The van der Waals surface area contributed by atoms with Crippen LogP contribution in [0.15, 0.2) is 48.5 Å². The predicted molar refractivity (Wildman–Crippen MR) is 101 cm³/mol. The number of phenols is 1. The first-order valence-corrected chi connectivity index (χ1v) is 8.71. The number of para-hydroxylation sites is 1. The molecule has 0 amide bonds. The summed E-state index contributed by atoms with van der Waals surface area (Å²) < 4.78 is 0. The molecule has 0 aliphatic carbocycles. The predicted octanol–water partition coefficient (Wildman–Crippen LogP) is 3.51. The first kappa shape index (κ1) is 15.8. The Balaban J connectivity index is 1.76. The molecule has 25 heavy (non-hydrogen) atoms. The lowest BCUT2D eigenvalue weighted by molar-refractivity contribution is 0.261. The van der Waals surface area contributed by atoms with Gasteiger partial charge in [0.25, 0.3) is 0 Å². The molecule has 3 aromatic rings. The van der Waals surface area contributed by atoms with Crippen molar-refractivity contribution >= 4 is 16.6 Å². The average Bonchev–Trinajstić information content (AvgIpc) is 2.63. The normalized spacial score (nSPS) is 18.4. The zero-order valence-electron chi connectivity index (χ0n) is 14.3. The Morgan fingerprint density at radius 3 is 2.60 bits per heavy atom. The molecule has 5 heteroatoms. The minimum Gasteiger partial charge on any atom is -0.507 e. The first-order chi connectivity index (χ1) is 12.2. The molecular weight excluding hydrogens is 312 g/mol. The van der Waals surface area contributed by atoms with E-state index in [4.69, 9.17) is 0 Å². The number of aromatic nitrogens is 2. The zero-order valence-corrected chi connectivity index (χ0v) is 14.3. The molecule has 1 unspecified atom stereocenters. The van der Waals surface area contributed by atoms with Crippen molar-refractivity contribution in [1.82, 2.24) is 15.1 Å². The van der Waals surface area contributed by atoms with Crippen LogP contribution in [-0.4, -0.2) is 46.4 Å². The SMILES string of the molecule is CN1CCCC(Nc2nnc(-c3ccccc3O)c3ccccc23)C1. The smallest absolute Gasteiger partial charge is 0.156 e. The molecule has 0 bridgehead atoms. The van der Waals surface area contributed by atoms with E-state index < -0.39 is 0 Å². The maximum Gasteiger partial charge on any atom is 0.156 e. The maximum absolute atomic E-state index is 10.2. The van der Waals surface area contributed by atoms with Crippen LogP contribution in [0.3, 0.4) is 0 Å². The molecule has 5 nitrogen and oxygen atoms in total. The Hall–Kier alpha value is -2.66. The van der Waals surface area contributed by atoms with Crippen LogP contribution < -0.4 is 5.32 Å². The fourth-order valence-electron chi connectivity index (χ4n) is 3.56. The lowest BCUT2D eigenvalue weighted by Gasteiger charge is -2.30. The van der Waals surface area contributed by atoms with Gasteiger partial charge in [0.15, 0.2) is 5.82 Å². The fraction of sp³-hybridized carbons (Fsp3) is 0.300. The van der Waals surface area contributed by atoms with Crippen LogP contribution in [0.25, 0.3) is 22.0 Å². The van der Waals surface area contributed by atoms with Gasteiger partial charge in [-0.1, -0.05) is 36.4 Å². The van der Waals surface area contributed by atoms with Gasteiger partial charge in [-0.15, -0.1) is 10.2 Å². The average molecular weight is 334 g/mol. The number of phenolic OH excluding ortho intramolecular Hbond substituents is 1. The Morgan fingerprint density at radius 1 is 1.04 bits per heavy atom. The minimum absolute atomic E-state index is 0.219. The first-order valence-electron chi connectivity index (χ1n) is 8.71. The van der Waals surface area contributed by atoms with Crippen LogP contribution in [-0.2, 0) is 0 Å². The lowest BCUT2D eigenvalue weighted by Crippen LogP contribution is -2.40. The fourth-order valence-corrected chi connectivity index (χ4v) is 3.56. The molecule has 1 atom stereocenters. The van der Waals surface area contributed by atoms with Gasteiger partial charge in [0, 0.05) is 28.9 Å². The minimum atomic E-state index is 0.219. The molecule has 0 radical (unpaired) electrons. The van der Waals surface area contributed by atoms with E-state index in [1.807, 2.05) is 36.4 Å². The van der Waals surface area contributed by atoms with Gasteiger partial charge in [0.2, 0.25) is 0 Å². The Bertz CT molecular complexity index is 896. The van der Waals surface area contributed by atoms with E-state index in [-0.39, 0.29) is 5.75 Å². The number of rotatable bonds is 3. The number of likely N-dealkylation sites (tertiary alicyclic amines) is 1. The van der Waals surface area contributed by atoms with Gasteiger partial charge in [-0.25, -0.2) is 0 Å². The third kappa shape index (κ3) is 3.15. The second-order valence-corrected chi connectivity index (χ2v) is 6.71. The number of nitrogens with one attached hydrogen (secondary N) is 1. The summed E-state index contributed by atoms with van der Waals surface area (Å²) in [6.07, 6.45) is 2.33. The molecule has 2 N–H and O–H groups in total. The van der Waals surface area contributed by atoms with Gasteiger partial charge in [0.05, 0.1) is 0 Å². The summed E-state index contributed by atoms with van der Waals surface area (Å²) in [4.78, 5) is 2.34. The number of likely N-dealkylation sites (N-methyl/N-ethyl adjacent to an activating group) is 1. The molecule has 1 aromatic heterocycles. The van der Waals surface area contributed by atoms with Crippen LogP contribution in [0, 0.1) is 0 Å². The molecule has 1 saturated heterocycles. The monoisotopic (exact) mass is 334 g/mol. The summed E-state index contributed by atoms with van der Waals surface area (Å²) in [7, 11) is 2.15. The number of fused-ring (bicyclic) bond motifs is 1. The largest absolute Gasteiger partial charge is 0.507 e. The maximum atomic E-state index is 10.2. The molecule has 1 fully saturated rings. The van der Waals surface area contributed by atoms with Crippen LogP contribution in [0.2, 0.25) is 0 Å². The lowest BCUT2D eigenvalue weighted by atomic mass is 10.0. The molecule has 0 saturated carbocycles. The molecule has 2 aromatic carbocycles. The Kier molecular flexibility index (Phi) is 4.24. The standard InChI is InChI=1S/C20H22N4O/c1-24-12-6-7-14(13-24)21-20-16-9-3-2-8-15(16)19(22-23-20)17-10-4-5-11-18(17)25/h2-5,8-11,14,25H,6-7,12-13H2,1H3,(H,21,23). The topological polar surface area (TPSA) is 61.3 Å². The van der Waals surface area contributed by atoms with E-state index in [9.17, 15) is 5.11 Å². The number of nitrogens with zero attached hydrogens (tertiary/aromatic N) is 3. The van der Waals surface area contributed by atoms with Crippen molar-refractivity contribution in [1.29, 1.82) is 0 Å². The van der Waals surface area contributed by atoms with E-state index >= 15 is 0 Å². The van der Waals surface area contributed by atoms with E-state index in [0.29, 0.717) is 17.3 Å². The molecule has 2 heterocycles. The second-order valence-electron chi connectivity index (χ2n) is 6.71. The quantitative estimate of drug-likeness (QED) is 0.767. The Labute approximate surface area is 147 Å². The van der Waals surface area contributed by atoms with Crippen LogP contribution in [0.5, 0.6) is 5.75 Å². The molecule has 1 aliphatic rings. The highest BCUT2D eigenvalue weighted by molar-refractivity contribution is 6.00. The summed E-state index contributed by atoms with van der Waals surface area (Å²) in [6.45, 7) is 2.16. The van der Waals surface area contributed by atoms with Crippen molar-refractivity contribution < 1.29 is 5.11 Å². The highest BCUT2D eigenvalue weighted by Crippen LogP contribution is 2.34. The number of benzene rings is 2. The third-order valence-corrected chi connectivity index (χ3v) is 4.81. The summed E-state index contributed by atoms with van der Waals surface area (Å²) in [6, 6.07) is 15.7. The van der Waals surface area contributed by atoms with Gasteiger partial charge < -0.3 is 15.3 Å². The number of piperidine rings is 1. The molecule has 0 spiro atoms. The van der Waals surface area contributed by atoms with Gasteiger partial charge in [-0.05, 0) is 38.6 Å². The van der Waals surface area contributed by atoms with E-state index in [0.717, 1.165) is 36.1 Å². The van der Waals surface area contributed by atoms with E-state index in [1.54, 1.807) is 6.07 Å². The van der Waals surface area contributed by atoms with Crippen LogP contribution in [0.4, 0.5) is 5.82 Å².